The molecule has 5 nitrogen and oxygen atoms in total. The summed E-state index contributed by atoms with van der Waals surface area (Å²) in [7, 11) is 0. The summed E-state index contributed by atoms with van der Waals surface area (Å²) in [6.45, 7) is 9.44. The molecule has 2 aromatic carbocycles. The molecule has 160 valence electrons. The van der Waals surface area contributed by atoms with Crippen molar-refractivity contribution in [3.8, 4) is 5.75 Å². The van der Waals surface area contributed by atoms with Gasteiger partial charge in [0, 0.05) is 43.9 Å². The van der Waals surface area contributed by atoms with Gasteiger partial charge in [-0.05, 0) is 31.6 Å². The van der Waals surface area contributed by atoms with Gasteiger partial charge in [0.2, 0.25) is 5.91 Å². The van der Waals surface area contributed by atoms with Crippen LogP contribution in [0.5, 0.6) is 5.75 Å². The fourth-order valence-electron chi connectivity index (χ4n) is 3.65. The Morgan fingerprint density at radius 3 is 2.57 bits per heavy atom. The second kappa shape index (κ2) is 11.5. The van der Waals surface area contributed by atoms with Crippen molar-refractivity contribution in [2.45, 2.75) is 26.4 Å². The van der Waals surface area contributed by atoms with Crippen molar-refractivity contribution in [2.24, 2.45) is 0 Å². The molecule has 1 unspecified atom stereocenters. The Balaban J connectivity index is 1.75. The lowest BCUT2D eigenvalue weighted by atomic mass is 10.1. The van der Waals surface area contributed by atoms with E-state index in [1.54, 1.807) is 6.08 Å². The van der Waals surface area contributed by atoms with E-state index in [9.17, 15) is 4.79 Å². The Bertz CT molecular complexity index is 816. The molecule has 1 aliphatic rings. The zero-order valence-corrected chi connectivity index (χ0v) is 18.0. The molecule has 3 rings (SSSR count). The van der Waals surface area contributed by atoms with Crippen molar-refractivity contribution >= 4 is 12.0 Å². The normalized spacial score (nSPS) is 15.8. The van der Waals surface area contributed by atoms with E-state index in [2.05, 4.69) is 24.0 Å². The maximum Gasteiger partial charge on any atom is 0.247 e. The molecule has 0 aliphatic carbocycles. The topological polar surface area (TPSA) is 42.0 Å². The molecule has 1 aliphatic heterocycles. The molecule has 0 saturated carbocycles. The molecule has 1 amide bonds. The van der Waals surface area contributed by atoms with Gasteiger partial charge in [-0.2, -0.15) is 0 Å². The van der Waals surface area contributed by atoms with Crippen molar-refractivity contribution in [1.82, 2.24) is 9.80 Å². The molecule has 0 radical (unpaired) electrons. The molecule has 5 heteroatoms. The van der Waals surface area contributed by atoms with Crippen LogP contribution in [0.15, 0.2) is 60.7 Å². The van der Waals surface area contributed by atoms with Crippen LogP contribution in [0.2, 0.25) is 0 Å². The summed E-state index contributed by atoms with van der Waals surface area (Å²) in [5.74, 6) is 0.797. The molecule has 0 aromatic heterocycles. The molecular formula is C25H32N2O3. The van der Waals surface area contributed by atoms with E-state index >= 15 is 0 Å². The number of para-hydroxylation sites is 1. The summed E-state index contributed by atoms with van der Waals surface area (Å²) in [5.41, 5.74) is 2.04. The van der Waals surface area contributed by atoms with Gasteiger partial charge in [0.1, 0.15) is 5.75 Å². The molecule has 30 heavy (non-hydrogen) atoms. The van der Waals surface area contributed by atoms with Crippen molar-refractivity contribution in [2.75, 3.05) is 39.5 Å². The summed E-state index contributed by atoms with van der Waals surface area (Å²) in [6, 6.07) is 18.0. The van der Waals surface area contributed by atoms with Crippen molar-refractivity contribution < 1.29 is 14.3 Å². The molecule has 0 N–H and O–H groups in total. The second-order valence-corrected chi connectivity index (χ2v) is 7.52. The maximum atomic E-state index is 13.2. The Morgan fingerprint density at radius 1 is 1.13 bits per heavy atom. The zero-order chi connectivity index (χ0) is 21.2. The number of ether oxygens (including phenoxy) is 2. The van der Waals surface area contributed by atoms with Gasteiger partial charge in [0.15, 0.2) is 0 Å². The molecule has 2 aromatic rings. The summed E-state index contributed by atoms with van der Waals surface area (Å²) < 4.78 is 11.1. The van der Waals surface area contributed by atoms with Crippen LogP contribution in [0.3, 0.4) is 0 Å². The van der Waals surface area contributed by atoms with Crippen LogP contribution in [-0.2, 0) is 16.1 Å². The highest BCUT2D eigenvalue weighted by molar-refractivity contribution is 5.92. The quantitative estimate of drug-likeness (QED) is 0.591. The number of morpholine rings is 1. The average Bonchev–Trinajstić information content (AvgIpc) is 2.78. The van der Waals surface area contributed by atoms with E-state index < -0.39 is 0 Å². The minimum atomic E-state index is 0.00548. The third-order valence-electron chi connectivity index (χ3n) is 5.26. The van der Waals surface area contributed by atoms with E-state index in [4.69, 9.17) is 9.47 Å². The minimum Gasteiger partial charge on any atom is -0.493 e. The van der Waals surface area contributed by atoms with Crippen molar-refractivity contribution in [1.29, 1.82) is 0 Å². The highest BCUT2D eigenvalue weighted by Gasteiger charge is 2.22. The van der Waals surface area contributed by atoms with Crippen molar-refractivity contribution in [3.63, 3.8) is 0 Å². The number of rotatable bonds is 9. The van der Waals surface area contributed by atoms with Crippen LogP contribution in [0.25, 0.3) is 6.08 Å². The van der Waals surface area contributed by atoms with Crippen molar-refractivity contribution in [3.05, 3.63) is 71.8 Å². The van der Waals surface area contributed by atoms with Gasteiger partial charge < -0.3 is 14.4 Å². The minimum absolute atomic E-state index is 0.00548. The highest BCUT2D eigenvalue weighted by Crippen LogP contribution is 2.20. The molecule has 1 fully saturated rings. The smallest absolute Gasteiger partial charge is 0.247 e. The Morgan fingerprint density at radius 2 is 1.83 bits per heavy atom. The number of hydrogen-bond acceptors (Lipinski definition) is 4. The van der Waals surface area contributed by atoms with Crippen LogP contribution >= 0.6 is 0 Å². The van der Waals surface area contributed by atoms with Crippen LogP contribution in [-0.4, -0.2) is 61.2 Å². The van der Waals surface area contributed by atoms with Crippen LogP contribution in [0, 0.1) is 0 Å². The molecule has 0 spiro atoms. The van der Waals surface area contributed by atoms with Crippen LogP contribution in [0.4, 0.5) is 0 Å². The van der Waals surface area contributed by atoms with E-state index in [1.807, 2.05) is 60.4 Å². The summed E-state index contributed by atoms with van der Waals surface area (Å²) in [5, 5.41) is 0. The first kappa shape index (κ1) is 22.1. The number of benzene rings is 2. The van der Waals surface area contributed by atoms with E-state index in [0.29, 0.717) is 13.2 Å². The molecular weight excluding hydrogens is 376 g/mol. The summed E-state index contributed by atoms with van der Waals surface area (Å²) >= 11 is 0. The first-order valence-corrected chi connectivity index (χ1v) is 10.7. The summed E-state index contributed by atoms with van der Waals surface area (Å²) in [4.78, 5) is 17.5. The fourth-order valence-corrected chi connectivity index (χ4v) is 3.65. The average molecular weight is 409 g/mol. The number of hydrogen-bond donors (Lipinski definition) is 0. The van der Waals surface area contributed by atoms with Gasteiger partial charge in [-0.3, -0.25) is 9.69 Å². The van der Waals surface area contributed by atoms with Crippen LogP contribution in [0.1, 0.15) is 25.0 Å². The second-order valence-electron chi connectivity index (χ2n) is 7.52. The van der Waals surface area contributed by atoms with Gasteiger partial charge in [-0.15, -0.1) is 0 Å². The number of nitrogens with zero attached hydrogens (tertiary/aromatic N) is 2. The molecule has 0 bridgehead atoms. The molecule has 1 heterocycles. The third kappa shape index (κ3) is 6.44. The Kier molecular flexibility index (Phi) is 8.48. The first-order chi connectivity index (χ1) is 14.7. The van der Waals surface area contributed by atoms with Crippen LogP contribution < -0.4 is 4.74 Å². The van der Waals surface area contributed by atoms with E-state index in [-0.39, 0.29) is 11.9 Å². The third-order valence-corrected chi connectivity index (χ3v) is 5.26. The van der Waals surface area contributed by atoms with Gasteiger partial charge >= 0.3 is 0 Å². The lowest BCUT2D eigenvalue weighted by molar-refractivity contribution is -0.129. The lowest BCUT2D eigenvalue weighted by Crippen LogP contribution is -2.47. The predicted octanol–water partition coefficient (Wildman–Crippen LogP) is 3.85. The Labute approximate surface area is 179 Å². The van der Waals surface area contributed by atoms with Gasteiger partial charge in [-0.1, -0.05) is 48.5 Å². The Hall–Kier alpha value is -2.63. The summed E-state index contributed by atoms with van der Waals surface area (Å²) in [6.07, 6.45) is 3.52. The zero-order valence-electron chi connectivity index (χ0n) is 18.0. The number of carbonyl (C=O) groups is 1. The standard InChI is InChI=1S/C25H32N2O3/c1-3-30-24-12-8-7-11-23(24)13-14-25(28)27(20-22-9-5-4-6-10-22)21(2)19-26-15-17-29-18-16-26/h4-14,21H,3,15-20H2,1-2H3/b14-13+. The van der Waals surface area contributed by atoms with Gasteiger partial charge in [0.25, 0.3) is 0 Å². The molecule has 1 saturated heterocycles. The predicted molar refractivity (Wildman–Crippen MR) is 120 cm³/mol. The fraction of sp³-hybridized carbons (Fsp3) is 0.400. The van der Waals surface area contributed by atoms with E-state index in [1.165, 1.54) is 0 Å². The highest BCUT2D eigenvalue weighted by atomic mass is 16.5. The monoisotopic (exact) mass is 408 g/mol. The lowest BCUT2D eigenvalue weighted by Gasteiger charge is -2.34. The first-order valence-electron chi connectivity index (χ1n) is 10.7. The largest absolute Gasteiger partial charge is 0.493 e. The van der Waals surface area contributed by atoms with Gasteiger partial charge in [-0.25, -0.2) is 0 Å². The molecule has 1 atom stereocenters. The van der Waals surface area contributed by atoms with Gasteiger partial charge in [0.05, 0.1) is 19.8 Å². The number of carbonyl (C=O) groups excluding carboxylic acids is 1. The SMILES string of the molecule is CCOc1ccccc1/C=C/C(=O)N(Cc1ccccc1)C(C)CN1CCOCC1. The van der Waals surface area contributed by atoms with E-state index in [0.717, 1.165) is 49.7 Å². The number of amides is 1. The maximum absolute atomic E-state index is 13.2.